The highest BCUT2D eigenvalue weighted by atomic mass is 32.2. The number of hydrogen-bond acceptors (Lipinski definition) is 5. The van der Waals surface area contributed by atoms with Crippen LogP contribution < -0.4 is 11.1 Å². The highest BCUT2D eigenvalue weighted by Gasteiger charge is 2.07. The van der Waals surface area contributed by atoms with Gasteiger partial charge in [-0.25, -0.2) is 0 Å². The molecule has 0 aromatic carbocycles. The zero-order valence-corrected chi connectivity index (χ0v) is 11.1. The van der Waals surface area contributed by atoms with Gasteiger partial charge in [0.25, 0.3) is 0 Å². The molecule has 0 saturated heterocycles. The highest BCUT2D eigenvalue weighted by Crippen LogP contribution is 2.00. The topological polar surface area (TPSA) is 96.9 Å². The van der Waals surface area contributed by atoms with Crippen molar-refractivity contribution in [2.75, 3.05) is 24.7 Å². The van der Waals surface area contributed by atoms with Gasteiger partial charge in [0.05, 0.1) is 12.4 Å². The fourth-order valence-electron chi connectivity index (χ4n) is 0.931. The van der Waals surface area contributed by atoms with Crippen LogP contribution >= 0.6 is 11.8 Å². The lowest BCUT2D eigenvalue weighted by Crippen LogP contribution is -2.29. The molecule has 4 N–H and O–H groups in total. The number of thioether (sulfide) groups is 1. The molecular formula is C10H21N3O3S. The van der Waals surface area contributed by atoms with Crippen molar-refractivity contribution < 1.29 is 14.7 Å². The van der Waals surface area contributed by atoms with Crippen molar-refractivity contribution in [2.45, 2.75) is 26.4 Å². The lowest BCUT2D eigenvalue weighted by molar-refractivity contribution is -0.118. The summed E-state index contributed by atoms with van der Waals surface area (Å²) < 4.78 is 5.29. The molecule has 0 aliphatic rings. The van der Waals surface area contributed by atoms with Gasteiger partial charge in [0, 0.05) is 12.3 Å². The Balaban J connectivity index is 3.43. The number of nitrogens with zero attached hydrogens (tertiary/aromatic N) is 1. The first-order valence-corrected chi connectivity index (χ1v) is 6.70. The smallest absolute Gasteiger partial charge is 0.229 e. The summed E-state index contributed by atoms with van der Waals surface area (Å²) >= 11 is 1.49. The number of rotatable bonds is 9. The van der Waals surface area contributed by atoms with Gasteiger partial charge in [-0.3, -0.25) is 4.79 Å². The lowest BCUT2D eigenvalue weighted by atomic mass is 10.4. The minimum Gasteiger partial charge on any atom is -0.409 e. The molecule has 0 aromatic heterocycles. The molecule has 7 heteroatoms. The van der Waals surface area contributed by atoms with E-state index in [0.717, 1.165) is 13.0 Å². The predicted molar refractivity (Wildman–Crippen MR) is 69.4 cm³/mol. The Labute approximate surface area is 106 Å². The van der Waals surface area contributed by atoms with Crippen molar-refractivity contribution in [1.82, 2.24) is 5.32 Å². The zero-order valence-electron chi connectivity index (χ0n) is 10.3. The van der Waals surface area contributed by atoms with E-state index in [1.165, 1.54) is 11.8 Å². The summed E-state index contributed by atoms with van der Waals surface area (Å²) in [4.78, 5) is 11.2. The van der Waals surface area contributed by atoms with Gasteiger partial charge in [-0.05, 0) is 13.3 Å². The highest BCUT2D eigenvalue weighted by molar-refractivity contribution is 7.99. The zero-order chi connectivity index (χ0) is 13.1. The molecule has 0 radical (unpaired) electrons. The Morgan fingerprint density at radius 3 is 2.94 bits per heavy atom. The third-order valence-electron chi connectivity index (χ3n) is 1.93. The summed E-state index contributed by atoms with van der Waals surface area (Å²) in [6.07, 6.45) is 0.533. The van der Waals surface area contributed by atoms with E-state index >= 15 is 0 Å². The van der Waals surface area contributed by atoms with Crippen LogP contribution in [0.3, 0.4) is 0 Å². The Hall–Kier alpha value is -0.950. The van der Waals surface area contributed by atoms with Gasteiger partial charge in [0.1, 0.15) is 6.10 Å². The first-order valence-electron chi connectivity index (χ1n) is 5.55. The molecule has 0 aliphatic heterocycles. The van der Waals surface area contributed by atoms with Crippen molar-refractivity contribution in [3.63, 3.8) is 0 Å². The molecule has 6 nitrogen and oxygen atoms in total. The Kier molecular flexibility index (Phi) is 9.65. The molecule has 0 aromatic rings. The van der Waals surface area contributed by atoms with Gasteiger partial charge in [0.2, 0.25) is 5.91 Å². The molecule has 1 amide bonds. The van der Waals surface area contributed by atoms with E-state index in [-0.39, 0.29) is 11.7 Å². The maximum Gasteiger partial charge on any atom is 0.229 e. The predicted octanol–water partition coefficient (Wildman–Crippen LogP) is 0.397. The van der Waals surface area contributed by atoms with Crippen LogP contribution in [-0.2, 0) is 9.53 Å². The molecule has 1 unspecified atom stereocenters. The first kappa shape index (κ1) is 16.1. The molecule has 100 valence electrons. The number of ether oxygens (including phenoxy) is 1. The molecule has 0 spiro atoms. The van der Waals surface area contributed by atoms with Crippen molar-refractivity contribution in [3.05, 3.63) is 0 Å². The number of carbonyl (C=O) groups excluding carboxylic acids is 1. The van der Waals surface area contributed by atoms with Gasteiger partial charge < -0.3 is 21.0 Å². The molecule has 0 rings (SSSR count). The number of nitrogens with two attached hydrogens (primary N) is 1. The SMILES string of the molecule is CCCNC(=O)CSCCOC(C)C(N)=NO. The van der Waals surface area contributed by atoms with Crippen LogP contribution in [0, 0.1) is 0 Å². The van der Waals surface area contributed by atoms with Crippen LogP contribution in [-0.4, -0.2) is 47.7 Å². The van der Waals surface area contributed by atoms with Crippen LogP contribution in [0.4, 0.5) is 0 Å². The van der Waals surface area contributed by atoms with Crippen LogP contribution in [0.2, 0.25) is 0 Å². The third-order valence-corrected chi connectivity index (χ3v) is 2.85. The quantitative estimate of drug-likeness (QED) is 0.184. The second-order valence-corrected chi connectivity index (χ2v) is 4.55. The van der Waals surface area contributed by atoms with E-state index in [1.54, 1.807) is 6.92 Å². The molecule has 0 saturated carbocycles. The summed E-state index contributed by atoms with van der Waals surface area (Å²) in [7, 11) is 0. The first-order chi connectivity index (χ1) is 8.11. The maximum absolute atomic E-state index is 11.2. The van der Waals surface area contributed by atoms with Gasteiger partial charge in [0.15, 0.2) is 5.84 Å². The summed E-state index contributed by atoms with van der Waals surface area (Å²) in [5.41, 5.74) is 5.34. The Morgan fingerprint density at radius 2 is 2.35 bits per heavy atom. The summed E-state index contributed by atoms with van der Waals surface area (Å²) in [6, 6.07) is 0. The number of oxime groups is 1. The van der Waals surface area contributed by atoms with E-state index in [4.69, 9.17) is 15.7 Å². The summed E-state index contributed by atoms with van der Waals surface area (Å²) in [6.45, 7) is 4.89. The summed E-state index contributed by atoms with van der Waals surface area (Å²) in [5.74, 6) is 1.22. The second kappa shape index (κ2) is 10.2. The van der Waals surface area contributed by atoms with E-state index in [9.17, 15) is 4.79 Å². The fraction of sp³-hybridized carbons (Fsp3) is 0.800. The van der Waals surface area contributed by atoms with E-state index in [2.05, 4.69) is 10.5 Å². The van der Waals surface area contributed by atoms with Crippen molar-refractivity contribution >= 4 is 23.5 Å². The molecule has 0 heterocycles. The van der Waals surface area contributed by atoms with Crippen molar-refractivity contribution in [3.8, 4) is 0 Å². The number of hydrogen-bond donors (Lipinski definition) is 3. The molecular weight excluding hydrogens is 242 g/mol. The minimum absolute atomic E-state index is 0.0429. The van der Waals surface area contributed by atoms with Crippen molar-refractivity contribution in [1.29, 1.82) is 0 Å². The van der Waals surface area contributed by atoms with Gasteiger partial charge in [-0.1, -0.05) is 12.1 Å². The molecule has 1 atom stereocenters. The van der Waals surface area contributed by atoms with Gasteiger partial charge >= 0.3 is 0 Å². The fourth-order valence-corrected chi connectivity index (χ4v) is 1.58. The molecule has 0 fully saturated rings. The van der Waals surface area contributed by atoms with Gasteiger partial charge in [-0.15, -0.1) is 11.8 Å². The molecule has 0 bridgehead atoms. The van der Waals surface area contributed by atoms with E-state index < -0.39 is 6.10 Å². The maximum atomic E-state index is 11.2. The number of carbonyl (C=O) groups is 1. The van der Waals surface area contributed by atoms with Gasteiger partial charge in [-0.2, -0.15) is 0 Å². The summed E-state index contributed by atoms with van der Waals surface area (Å²) in [5, 5.41) is 14.0. The van der Waals surface area contributed by atoms with Crippen LogP contribution in [0.25, 0.3) is 0 Å². The van der Waals surface area contributed by atoms with Crippen molar-refractivity contribution in [2.24, 2.45) is 10.9 Å². The van der Waals surface area contributed by atoms with Crippen LogP contribution in [0.1, 0.15) is 20.3 Å². The molecule has 17 heavy (non-hydrogen) atoms. The largest absolute Gasteiger partial charge is 0.409 e. The molecule has 0 aliphatic carbocycles. The average Bonchev–Trinajstić information content (AvgIpc) is 2.34. The minimum atomic E-state index is -0.408. The Bertz CT molecular complexity index is 249. The lowest BCUT2D eigenvalue weighted by Gasteiger charge is -2.10. The average molecular weight is 263 g/mol. The standard InChI is InChI=1S/C10H21N3O3S/c1-3-4-12-9(14)7-17-6-5-16-8(2)10(11)13-15/h8,15H,3-7H2,1-2H3,(H2,11,13)(H,12,14). The third kappa shape index (κ3) is 8.82. The monoisotopic (exact) mass is 263 g/mol. The normalized spacial score (nSPS) is 13.4. The van der Waals surface area contributed by atoms with E-state index in [1.807, 2.05) is 6.92 Å². The van der Waals surface area contributed by atoms with Crippen LogP contribution in [0.15, 0.2) is 5.16 Å². The Morgan fingerprint density at radius 1 is 1.65 bits per heavy atom. The number of amides is 1. The number of amidine groups is 1. The second-order valence-electron chi connectivity index (χ2n) is 3.44. The van der Waals surface area contributed by atoms with Crippen LogP contribution in [0.5, 0.6) is 0 Å². The van der Waals surface area contributed by atoms with E-state index in [0.29, 0.717) is 18.1 Å². The number of nitrogens with one attached hydrogen (secondary N) is 1.